The molecule has 0 radical (unpaired) electrons. The lowest BCUT2D eigenvalue weighted by Gasteiger charge is -2.39. The minimum Gasteiger partial charge on any atom is -0.497 e. The molecular formula is C33H30O5. The molecule has 38 heavy (non-hydrogen) atoms. The maximum Gasteiger partial charge on any atom is 0.163 e. The monoisotopic (exact) mass is 506 g/mol. The first-order valence-electron chi connectivity index (χ1n) is 13.1. The summed E-state index contributed by atoms with van der Waals surface area (Å²) in [5, 5.41) is 0. The number of rotatable bonds is 5. The number of allylic oxidation sites excluding steroid dienone is 4. The summed E-state index contributed by atoms with van der Waals surface area (Å²) >= 11 is 0. The van der Waals surface area contributed by atoms with Crippen LogP contribution in [0, 0.1) is 0 Å². The highest BCUT2D eigenvalue weighted by atomic mass is 16.5. The Kier molecular flexibility index (Phi) is 6.36. The first-order chi connectivity index (χ1) is 18.6. The summed E-state index contributed by atoms with van der Waals surface area (Å²) in [5.41, 5.74) is 4.43. The van der Waals surface area contributed by atoms with Crippen LogP contribution in [-0.2, 0) is 14.3 Å². The molecule has 3 aliphatic rings. The largest absolute Gasteiger partial charge is 0.497 e. The summed E-state index contributed by atoms with van der Waals surface area (Å²) in [4.78, 5) is 27.5. The SMILES string of the molecule is COc1ccc([C@H]2CC(=O)C3=C(C2)OC2=C(C(=O)C[C@H](c4ccc(OC)cc4)C2)C3c2ccccc2)cc1. The molecule has 0 spiro atoms. The maximum atomic E-state index is 13.7. The van der Waals surface area contributed by atoms with Gasteiger partial charge in [-0.15, -0.1) is 0 Å². The van der Waals surface area contributed by atoms with Gasteiger partial charge >= 0.3 is 0 Å². The zero-order chi connectivity index (χ0) is 26.2. The van der Waals surface area contributed by atoms with E-state index in [0.29, 0.717) is 48.3 Å². The number of hydrogen-bond donors (Lipinski definition) is 0. The first kappa shape index (κ1) is 24.2. The molecule has 0 bridgehead atoms. The average molecular weight is 507 g/mol. The van der Waals surface area contributed by atoms with Crippen molar-refractivity contribution in [1.29, 1.82) is 0 Å². The minimum atomic E-state index is -0.386. The summed E-state index contributed by atoms with van der Waals surface area (Å²) in [7, 11) is 3.29. The molecule has 5 nitrogen and oxygen atoms in total. The molecular weight excluding hydrogens is 476 g/mol. The fraction of sp³-hybridized carbons (Fsp3) is 0.273. The van der Waals surface area contributed by atoms with E-state index in [-0.39, 0.29) is 29.3 Å². The summed E-state index contributed by atoms with van der Waals surface area (Å²) in [5.74, 6) is 2.74. The van der Waals surface area contributed by atoms with Gasteiger partial charge in [-0.2, -0.15) is 0 Å². The lowest BCUT2D eigenvalue weighted by Crippen LogP contribution is -2.33. The Balaban J connectivity index is 1.38. The molecule has 6 rings (SSSR count). The number of ketones is 2. The van der Waals surface area contributed by atoms with Crippen LogP contribution in [0.15, 0.2) is 102 Å². The van der Waals surface area contributed by atoms with E-state index in [4.69, 9.17) is 14.2 Å². The van der Waals surface area contributed by atoms with Crippen molar-refractivity contribution in [2.45, 2.75) is 43.4 Å². The van der Waals surface area contributed by atoms with E-state index >= 15 is 0 Å². The summed E-state index contributed by atoms with van der Waals surface area (Å²) < 4.78 is 17.2. The fourth-order valence-electron chi connectivity index (χ4n) is 6.12. The zero-order valence-electron chi connectivity index (χ0n) is 21.6. The molecule has 0 amide bonds. The molecule has 2 atom stereocenters. The molecule has 2 aliphatic carbocycles. The number of ether oxygens (including phenoxy) is 3. The van der Waals surface area contributed by atoms with Crippen molar-refractivity contribution < 1.29 is 23.8 Å². The van der Waals surface area contributed by atoms with Gasteiger partial charge in [0.2, 0.25) is 0 Å². The molecule has 0 N–H and O–H groups in total. The Labute approximate surface area is 222 Å². The molecule has 1 aliphatic heterocycles. The predicted molar refractivity (Wildman–Crippen MR) is 144 cm³/mol. The van der Waals surface area contributed by atoms with Crippen molar-refractivity contribution >= 4 is 11.6 Å². The van der Waals surface area contributed by atoms with Gasteiger partial charge in [-0.1, -0.05) is 54.6 Å². The number of carbonyl (C=O) groups is 2. The second-order valence-electron chi connectivity index (χ2n) is 10.2. The summed E-state index contributed by atoms with van der Waals surface area (Å²) in [6.07, 6.45) is 2.02. The third kappa shape index (κ3) is 4.32. The number of carbonyl (C=O) groups excluding carboxylic acids is 2. The third-order valence-corrected chi connectivity index (χ3v) is 8.06. The topological polar surface area (TPSA) is 61.8 Å². The van der Waals surface area contributed by atoms with Gasteiger partial charge in [-0.3, -0.25) is 9.59 Å². The normalized spacial score (nSPS) is 21.5. The highest BCUT2D eigenvalue weighted by Crippen LogP contribution is 2.52. The number of hydrogen-bond acceptors (Lipinski definition) is 5. The van der Waals surface area contributed by atoms with Crippen LogP contribution in [0.25, 0.3) is 0 Å². The Bertz CT molecular complexity index is 1340. The van der Waals surface area contributed by atoms with Crippen LogP contribution >= 0.6 is 0 Å². The van der Waals surface area contributed by atoms with Crippen LogP contribution in [0.1, 0.15) is 60.1 Å². The Morgan fingerprint density at radius 1 is 0.579 bits per heavy atom. The van der Waals surface area contributed by atoms with E-state index in [1.54, 1.807) is 14.2 Å². The number of benzene rings is 3. The van der Waals surface area contributed by atoms with Gasteiger partial charge in [-0.25, -0.2) is 0 Å². The van der Waals surface area contributed by atoms with Crippen molar-refractivity contribution in [3.63, 3.8) is 0 Å². The molecule has 0 fully saturated rings. The van der Waals surface area contributed by atoms with Crippen molar-refractivity contribution in [3.8, 4) is 11.5 Å². The zero-order valence-corrected chi connectivity index (χ0v) is 21.6. The van der Waals surface area contributed by atoms with E-state index in [0.717, 1.165) is 28.2 Å². The molecule has 1 heterocycles. The third-order valence-electron chi connectivity index (χ3n) is 8.06. The smallest absolute Gasteiger partial charge is 0.163 e. The second kappa shape index (κ2) is 9.97. The van der Waals surface area contributed by atoms with E-state index in [9.17, 15) is 9.59 Å². The van der Waals surface area contributed by atoms with Gasteiger partial charge in [0.05, 0.1) is 14.2 Å². The molecule has 5 heteroatoms. The van der Waals surface area contributed by atoms with Gasteiger partial charge in [0.25, 0.3) is 0 Å². The van der Waals surface area contributed by atoms with Crippen LogP contribution in [0.3, 0.4) is 0 Å². The van der Waals surface area contributed by atoms with Crippen molar-refractivity contribution in [3.05, 3.63) is 118 Å². The molecule has 0 unspecified atom stereocenters. The molecule has 0 saturated carbocycles. The molecule has 0 aromatic heterocycles. The molecule has 192 valence electrons. The van der Waals surface area contributed by atoms with Crippen LogP contribution in [0.5, 0.6) is 11.5 Å². The van der Waals surface area contributed by atoms with Gasteiger partial charge in [0.1, 0.15) is 23.0 Å². The second-order valence-corrected chi connectivity index (χ2v) is 10.2. The minimum absolute atomic E-state index is 0.0161. The lowest BCUT2D eigenvalue weighted by molar-refractivity contribution is -0.118. The van der Waals surface area contributed by atoms with Gasteiger partial charge in [-0.05, 0) is 52.8 Å². The average Bonchev–Trinajstić information content (AvgIpc) is 2.96. The first-order valence-corrected chi connectivity index (χ1v) is 13.1. The molecule has 3 aromatic rings. The Morgan fingerprint density at radius 2 is 1.03 bits per heavy atom. The Hall–Kier alpha value is -4.12. The van der Waals surface area contributed by atoms with E-state index in [1.165, 1.54) is 0 Å². The quantitative estimate of drug-likeness (QED) is 0.389. The van der Waals surface area contributed by atoms with Gasteiger partial charge in [0, 0.05) is 42.7 Å². The Morgan fingerprint density at radius 3 is 1.45 bits per heavy atom. The standard InChI is InChI=1S/C33H30O5/c1-36-25-12-8-20(9-13-25)23-16-27(34)32-29(18-23)38-30-19-24(21-10-14-26(37-2)15-11-21)17-28(35)33(30)31(32)22-6-4-3-5-7-22/h3-15,23-24,31H,16-19H2,1-2H3/t23-,24-/m0/s1. The van der Waals surface area contributed by atoms with Crippen molar-refractivity contribution in [2.24, 2.45) is 0 Å². The van der Waals surface area contributed by atoms with Gasteiger partial charge < -0.3 is 14.2 Å². The number of Topliss-reactive ketones (excluding diaryl/α,β-unsaturated/α-hetero) is 2. The number of methoxy groups -OCH3 is 2. The molecule has 0 saturated heterocycles. The highest BCUT2D eigenvalue weighted by molar-refractivity contribution is 6.06. The van der Waals surface area contributed by atoms with Crippen molar-refractivity contribution in [2.75, 3.05) is 14.2 Å². The van der Waals surface area contributed by atoms with Gasteiger partial charge in [0.15, 0.2) is 11.6 Å². The predicted octanol–water partition coefficient (Wildman–Crippen LogP) is 6.62. The highest BCUT2D eigenvalue weighted by Gasteiger charge is 2.45. The van der Waals surface area contributed by atoms with E-state index in [2.05, 4.69) is 0 Å². The van der Waals surface area contributed by atoms with Crippen LogP contribution in [0.2, 0.25) is 0 Å². The van der Waals surface area contributed by atoms with E-state index < -0.39 is 0 Å². The van der Waals surface area contributed by atoms with Crippen LogP contribution in [-0.4, -0.2) is 25.8 Å². The molecule has 3 aromatic carbocycles. The maximum absolute atomic E-state index is 13.7. The van der Waals surface area contributed by atoms with E-state index in [1.807, 2.05) is 78.9 Å². The van der Waals surface area contributed by atoms with Crippen LogP contribution < -0.4 is 9.47 Å². The van der Waals surface area contributed by atoms with Crippen molar-refractivity contribution in [1.82, 2.24) is 0 Å². The van der Waals surface area contributed by atoms with Crippen LogP contribution in [0.4, 0.5) is 0 Å². The fourth-order valence-corrected chi connectivity index (χ4v) is 6.12. The lowest BCUT2D eigenvalue weighted by atomic mass is 9.69. The summed E-state index contributed by atoms with van der Waals surface area (Å²) in [6.45, 7) is 0. The summed E-state index contributed by atoms with van der Waals surface area (Å²) in [6, 6.07) is 25.7.